The highest BCUT2D eigenvalue weighted by molar-refractivity contribution is 5.91. The summed E-state index contributed by atoms with van der Waals surface area (Å²) in [7, 11) is 0. The van der Waals surface area contributed by atoms with Crippen molar-refractivity contribution >= 4 is 5.91 Å². The molecule has 1 N–H and O–H groups in total. The van der Waals surface area contributed by atoms with E-state index >= 15 is 0 Å². The van der Waals surface area contributed by atoms with Gasteiger partial charge in [0.1, 0.15) is 5.82 Å². The highest BCUT2D eigenvalue weighted by Gasteiger charge is 2.23. The Balaban J connectivity index is 1.73. The quantitative estimate of drug-likeness (QED) is 0.697. The second-order valence-electron chi connectivity index (χ2n) is 7.78. The lowest BCUT2D eigenvalue weighted by Gasteiger charge is -2.21. The van der Waals surface area contributed by atoms with Gasteiger partial charge in [-0.1, -0.05) is 37.0 Å². The van der Waals surface area contributed by atoms with Gasteiger partial charge < -0.3 is 5.32 Å². The molecule has 1 aliphatic carbocycles. The number of hydrogen-bond donors (Lipinski definition) is 1. The topological polar surface area (TPSA) is 59.8 Å². The molecule has 1 aliphatic rings. The number of aromatic nitrogens is 3. The molecule has 3 aromatic rings. The van der Waals surface area contributed by atoms with Crippen molar-refractivity contribution in [3.63, 3.8) is 0 Å². The lowest BCUT2D eigenvalue weighted by atomic mass is 9.95. The van der Waals surface area contributed by atoms with E-state index in [9.17, 15) is 9.18 Å². The van der Waals surface area contributed by atoms with Gasteiger partial charge in [-0.25, -0.2) is 14.1 Å². The van der Waals surface area contributed by atoms with Crippen LogP contribution in [0, 0.1) is 19.7 Å². The minimum absolute atomic E-state index is 0.134. The molecule has 0 atom stereocenters. The zero-order valence-corrected chi connectivity index (χ0v) is 16.8. The highest BCUT2D eigenvalue weighted by Crippen LogP contribution is 2.24. The molecule has 0 radical (unpaired) electrons. The Morgan fingerprint density at radius 1 is 1.07 bits per heavy atom. The summed E-state index contributed by atoms with van der Waals surface area (Å²) in [6, 6.07) is 12.3. The molecule has 1 saturated carbocycles. The summed E-state index contributed by atoms with van der Waals surface area (Å²) in [6.45, 7) is 4.03. The number of carbonyl (C=O) groups is 1. The normalized spacial score (nSPS) is 14.7. The van der Waals surface area contributed by atoms with Crippen molar-refractivity contribution in [3.05, 3.63) is 65.2 Å². The van der Waals surface area contributed by atoms with E-state index in [1.165, 1.54) is 18.6 Å². The van der Waals surface area contributed by atoms with Crippen LogP contribution >= 0.6 is 0 Å². The van der Waals surface area contributed by atoms with Gasteiger partial charge in [-0.3, -0.25) is 4.79 Å². The van der Waals surface area contributed by atoms with Crippen molar-refractivity contribution < 1.29 is 9.18 Å². The third-order valence-corrected chi connectivity index (χ3v) is 5.43. The molecule has 0 saturated heterocycles. The van der Waals surface area contributed by atoms with Gasteiger partial charge in [-0.05, 0) is 62.6 Å². The average Bonchev–Trinajstić information content (AvgIpc) is 3.14. The molecule has 1 fully saturated rings. The van der Waals surface area contributed by atoms with Gasteiger partial charge in [0.2, 0.25) is 5.82 Å². The number of carbonyl (C=O) groups excluding carboxylic acids is 1. The summed E-state index contributed by atoms with van der Waals surface area (Å²) in [5, 5.41) is 7.61. The van der Waals surface area contributed by atoms with Crippen molar-refractivity contribution in [1.29, 1.82) is 0 Å². The van der Waals surface area contributed by atoms with E-state index in [0.29, 0.717) is 11.4 Å². The largest absolute Gasteiger partial charge is 0.347 e. The molecule has 1 heterocycles. The number of nitrogens with one attached hydrogen (secondary N) is 1. The van der Waals surface area contributed by atoms with Crippen molar-refractivity contribution in [1.82, 2.24) is 20.1 Å². The highest BCUT2D eigenvalue weighted by atomic mass is 19.1. The number of amides is 1. The lowest BCUT2D eigenvalue weighted by Crippen LogP contribution is -2.36. The van der Waals surface area contributed by atoms with E-state index < -0.39 is 0 Å². The number of rotatable bonds is 4. The Labute approximate surface area is 170 Å². The smallest absolute Gasteiger partial charge is 0.291 e. The molecule has 6 heteroatoms. The maximum Gasteiger partial charge on any atom is 0.291 e. The van der Waals surface area contributed by atoms with Crippen LogP contribution in [-0.2, 0) is 0 Å². The Morgan fingerprint density at radius 3 is 2.48 bits per heavy atom. The first-order valence-corrected chi connectivity index (χ1v) is 10.1. The Kier molecular flexibility index (Phi) is 5.43. The van der Waals surface area contributed by atoms with Crippen LogP contribution in [0.25, 0.3) is 17.1 Å². The van der Waals surface area contributed by atoms with Gasteiger partial charge in [0, 0.05) is 11.6 Å². The zero-order valence-electron chi connectivity index (χ0n) is 16.8. The number of hydrogen-bond acceptors (Lipinski definition) is 3. The summed E-state index contributed by atoms with van der Waals surface area (Å²) >= 11 is 0. The summed E-state index contributed by atoms with van der Waals surface area (Å²) < 4.78 is 15.1. The fourth-order valence-electron chi connectivity index (χ4n) is 3.90. The first kappa shape index (κ1) is 19.3. The van der Waals surface area contributed by atoms with Crippen LogP contribution in [-0.4, -0.2) is 26.7 Å². The van der Waals surface area contributed by atoms with E-state index in [0.717, 1.165) is 42.5 Å². The minimum Gasteiger partial charge on any atom is -0.347 e. The lowest BCUT2D eigenvalue weighted by molar-refractivity contribution is 0.0917. The third kappa shape index (κ3) is 4.21. The van der Waals surface area contributed by atoms with E-state index in [1.807, 2.05) is 26.0 Å². The maximum atomic E-state index is 13.4. The first-order valence-electron chi connectivity index (χ1n) is 10.1. The van der Waals surface area contributed by atoms with Crippen LogP contribution in [0.5, 0.6) is 0 Å². The predicted octanol–water partition coefficient (Wildman–Crippen LogP) is 4.75. The summed E-state index contributed by atoms with van der Waals surface area (Å²) in [6.07, 6.45) is 5.48. The number of halogens is 1. The van der Waals surface area contributed by atoms with Crippen LogP contribution in [0.4, 0.5) is 4.39 Å². The Bertz CT molecular complexity index is 1020. The molecule has 29 heavy (non-hydrogen) atoms. The predicted molar refractivity (Wildman–Crippen MR) is 111 cm³/mol. The molecule has 0 spiro atoms. The second-order valence-corrected chi connectivity index (χ2v) is 7.78. The molecule has 1 amide bonds. The van der Waals surface area contributed by atoms with Gasteiger partial charge in [-0.2, -0.15) is 0 Å². The molecule has 4 rings (SSSR count). The molecule has 0 bridgehead atoms. The summed E-state index contributed by atoms with van der Waals surface area (Å²) in [4.78, 5) is 17.4. The summed E-state index contributed by atoms with van der Waals surface area (Å²) in [5.74, 6) is 0.0750. The molecule has 2 aromatic carbocycles. The molecule has 1 aromatic heterocycles. The van der Waals surface area contributed by atoms with E-state index in [1.54, 1.807) is 16.8 Å². The van der Waals surface area contributed by atoms with Crippen molar-refractivity contribution in [2.75, 3.05) is 0 Å². The van der Waals surface area contributed by atoms with Gasteiger partial charge in [0.25, 0.3) is 5.91 Å². The maximum absolute atomic E-state index is 13.4. The summed E-state index contributed by atoms with van der Waals surface area (Å²) in [5.41, 5.74) is 3.72. The number of aryl methyl sites for hydroxylation is 2. The van der Waals surface area contributed by atoms with Crippen LogP contribution in [0.1, 0.15) is 53.8 Å². The molecule has 0 aliphatic heterocycles. The standard InChI is InChI=1S/C23H25FN4O/c1-15-8-13-20(16(2)14-15)28-22(17-9-11-18(24)12-10-17)26-21(27-28)23(29)25-19-6-4-3-5-7-19/h8-14,19H,3-7H2,1-2H3,(H,25,29). The average molecular weight is 392 g/mol. The second kappa shape index (κ2) is 8.15. The van der Waals surface area contributed by atoms with Crippen molar-refractivity contribution in [2.24, 2.45) is 0 Å². The Hall–Kier alpha value is -3.02. The van der Waals surface area contributed by atoms with E-state index in [4.69, 9.17) is 0 Å². The fraction of sp³-hybridized carbons (Fsp3) is 0.348. The molecular formula is C23H25FN4O. The third-order valence-electron chi connectivity index (χ3n) is 5.43. The molecule has 5 nitrogen and oxygen atoms in total. The SMILES string of the molecule is Cc1ccc(-n2nc(C(=O)NC3CCCCC3)nc2-c2ccc(F)cc2)c(C)c1. The minimum atomic E-state index is -0.318. The van der Waals surface area contributed by atoms with E-state index in [2.05, 4.69) is 21.5 Å². The first-order chi connectivity index (χ1) is 14.0. The van der Waals surface area contributed by atoms with Crippen LogP contribution < -0.4 is 5.32 Å². The van der Waals surface area contributed by atoms with Crippen LogP contribution in [0.2, 0.25) is 0 Å². The number of nitrogens with zero attached hydrogens (tertiary/aromatic N) is 3. The molecule has 150 valence electrons. The van der Waals surface area contributed by atoms with Crippen molar-refractivity contribution in [3.8, 4) is 17.1 Å². The monoisotopic (exact) mass is 392 g/mol. The van der Waals surface area contributed by atoms with Gasteiger partial charge in [0.05, 0.1) is 5.69 Å². The van der Waals surface area contributed by atoms with Crippen molar-refractivity contribution in [2.45, 2.75) is 52.0 Å². The molecule has 0 unspecified atom stereocenters. The van der Waals surface area contributed by atoms with Gasteiger partial charge >= 0.3 is 0 Å². The zero-order chi connectivity index (χ0) is 20.4. The number of benzene rings is 2. The molecular weight excluding hydrogens is 367 g/mol. The van der Waals surface area contributed by atoms with Crippen LogP contribution in [0.15, 0.2) is 42.5 Å². The van der Waals surface area contributed by atoms with Crippen LogP contribution in [0.3, 0.4) is 0 Å². The Morgan fingerprint density at radius 2 is 1.79 bits per heavy atom. The van der Waals surface area contributed by atoms with Gasteiger partial charge in [-0.15, -0.1) is 5.10 Å². The van der Waals surface area contributed by atoms with Gasteiger partial charge in [0.15, 0.2) is 5.82 Å². The fourth-order valence-corrected chi connectivity index (χ4v) is 3.90. The van der Waals surface area contributed by atoms with E-state index in [-0.39, 0.29) is 23.6 Å².